The van der Waals surface area contributed by atoms with Crippen molar-refractivity contribution in [3.63, 3.8) is 0 Å². The van der Waals surface area contributed by atoms with Gasteiger partial charge < -0.3 is 5.11 Å². The van der Waals surface area contributed by atoms with Crippen LogP contribution in [0.25, 0.3) is 0 Å². The van der Waals surface area contributed by atoms with E-state index in [1.54, 1.807) is 38.1 Å². The number of carboxylic acid groups (broad SMARTS) is 1. The summed E-state index contributed by atoms with van der Waals surface area (Å²) in [4.78, 5) is 24.2. The molecule has 0 aliphatic rings. The Balaban J connectivity index is 2.57. The molecule has 1 N–H and O–H groups in total. The van der Waals surface area contributed by atoms with Crippen molar-refractivity contribution in [2.45, 2.75) is 27.2 Å². The number of ketones is 1. The fourth-order valence-electron chi connectivity index (χ4n) is 2.42. The first kappa shape index (κ1) is 15.0. The van der Waals surface area contributed by atoms with Gasteiger partial charge in [-0.1, -0.05) is 43.3 Å². The summed E-state index contributed by atoms with van der Waals surface area (Å²) in [6.07, 6.45) is 0.901. The molecule has 3 heteroatoms. The van der Waals surface area contributed by atoms with Gasteiger partial charge in [-0.15, -0.1) is 0 Å². The zero-order valence-corrected chi connectivity index (χ0v) is 12.4. The maximum absolute atomic E-state index is 12.7. The average molecular weight is 282 g/mol. The van der Waals surface area contributed by atoms with Crippen LogP contribution in [0.2, 0.25) is 0 Å². The number of hydrogen-bond donors (Lipinski definition) is 1. The van der Waals surface area contributed by atoms with Crippen LogP contribution in [0, 0.1) is 13.8 Å². The standard InChI is InChI=1S/C18H18O3/c1-4-13-7-9-14(10-8-13)17(19)15-11(2)5-6-12(3)16(15)18(20)21/h5-10H,4H2,1-3H3,(H,20,21). The molecule has 0 unspecified atom stereocenters. The molecule has 2 aromatic carbocycles. The first-order chi connectivity index (χ1) is 9.95. The lowest BCUT2D eigenvalue weighted by Crippen LogP contribution is -2.13. The third-order valence-electron chi connectivity index (χ3n) is 3.69. The zero-order chi connectivity index (χ0) is 15.6. The van der Waals surface area contributed by atoms with E-state index in [0.717, 1.165) is 12.0 Å². The van der Waals surface area contributed by atoms with Crippen LogP contribution < -0.4 is 0 Å². The van der Waals surface area contributed by atoms with Crippen LogP contribution in [0.4, 0.5) is 0 Å². The summed E-state index contributed by atoms with van der Waals surface area (Å²) in [6.45, 7) is 5.52. The number of hydrogen-bond acceptors (Lipinski definition) is 2. The molecule has 0 saturated carbocycles. The van der Waals surface area contributed by atoms with E-state index in [1.165, 1.54) is 0 Å². The van der Waals surface area contributed by atoms with Crippen molar-refractivity contribution in [3.8, 4) is 0 Å². The molecule has 0 bridgehead atoms. The molecule has 0 fully saturated rings. The Bertz CT molecular complexity index is 697. The third kappa shape index (κ3) is 2.87. The minimum atomic E-state index is -1.07. The van der Waals surface area contributed by atoms with E-state index in [1.807, 2.05) is 19.1 Å². The van der Waals surface area contributed by atoms with Crippen molar-refractivity contribution in [2.75, 3.05) is 0 Å². The quantitative estimate of drug-likeness (QED) is 0.868. The van der Waals surface area contributed by atoms with Crippen LogP contribution in [0.15, 0.2) is 36.4 Å². The number of carbonyl (C=O) groups excluding carboxylic acids is 1. The summed E-state index contributed by atoms with van der Waals surface area (Å²) in [5, 5.41) is 9.40. The molecule has 2 aromatic rings. The van der Waals surface area contributed by atoms with Gasteiger partial charge in [-0.2, -0.15) is 0 Å². The number of rotatable bonds is 4. The third-order valence-corrected chi connectivity index (χ3v) is 3.69. The van der Waals surface area contributed by atoms with Gasteiger partial charge in [0.05, 0.1) is 5.56 Å². The summed E-state index contributed by atoms with van der Waals surface area (Å²) in [7, 11) is 0. The Morgan fingerprint density at radius 2 is 1.43 bits per heavy atom. The monoisotopic (exact) mass is 282 g/mol. The van der Waals surface area contributed by atoms with Crippen LogP contribution in [0.1, 0.15) is 49.9 Å². The number of aromatic carboxylic acids is 1. The lowest BCUT2D eigenvalue weighted by atomic mass is 9.91. The van der Waals surface area contributed by atoms with Crippen molar-refractivity contribution in [3.05, 3.63) is 69.8 Å². The molecule has 0 aromatic heterocycles. The molecule has 0 aliphatic carbocycles. The predicted octanol–water partition coefficient (Wildman–Crippen LogP) is 3.80. The second kappa shape index (κ2) is 5.92. The highest BCUT2D eigenvalue weighted by Crippen LogP contribution is 2.22. The molecule has 3 nitrogen and oxygen atoms in total. The van der Waals surface area contributed by atoms with E-state index in [2.05, 4.69) is 0 Å². The summed E-state index contributed by atoms with van der Waals surface area (Å²) >= 11 is 0. The number of aryl methyl sites for hydroxylation is 3. The van der Waals surface area contributed by atoms with E-state index in [-0.39, 0.29) is 16.9 Å². The fourth-order valence-corrected chi connectivity index (χ4v) is 2.42. The van der Waals surface area contributed by atoms with Crippen LogP contribution in [-0.4, -0.2) is 16.9 Å². The predicted molar refractivity (Wildman–Crippen MR) is 82.1 cm³/mol. The molecular formula is C18H18O3. The number of carbonyl (C=O) groups is 2. The number of benzene rings is 2. The second-order valence-corrected chi connectivity index (χ2v) is 5.13. The van der Waals surface area contributed by atoms with Crippen molar-refractivity contribution < 1.29 is 14.7 Å². The maximum Gasteiger partial charge on any atom is 0.336 e. The number of carboxylic acids is 1. The first-order valence-electron chi connectivity index (χ1n) is 6.92. The van der Waals surface area contributed by atoms with Gasteiger partial charge >= 0.3 is 5.97 Å². The van der Waals surface area contributed by atoms with Crippen LogP contribution in [-0.2, 0) is 6.42 Å². The smallest absolute Gasteiger partial charge is 0.336 e. The van der Waals surface area contributed by atoms with Crippen molar-refractivity contribution in [1.29, 1.82) is 0 Å². The van der Waals surface area contributed by atoms with Crippen LogP contribution in [0.3, 0.4) is 0 Å². The van der Waals surface area contributed by atoms with Crippen molar-refractivity contribution in [2.24, 2.45) is 0 Å². The zero-order valence-electron chi connectivity index (χ0n) is 12.4. The van der Waals surface area contributed by atoms with Crippen LogP contribution >= 0.6 is 0 Å². The van der Waals surface area contributed by atoms with Gasteiger partial charge in [-0.05, 0) is 37.0 Å². The Kier molecular flexibility index (Phi) is 4.22. The van der Waals surface area contributed by atoms with Gasteiger partial charge in [0.25, 0.3) is 0 Å². The van der Waals surface area contributed by atoms with E-state index >= 15 is 0 Å². The molecule has 2 rings (SSSR count). The summed E-state index contributed by atoms with van der Waals surface area (Å²) in [5.41, 5.74) is 3.32. The molecule has 0 amide bonds. The van der Waals surface area contributed by atoms with Gasteiger partial charge in [0.1, 0.15) is 0 Å². The molecular weight excluding hydrogens is 264 g/mol. The highest BCUT2D eigenvalue weighted by Gasteiger charge is 2.22. The Morgan fingerprint density at radius 1 is 0.905 bits per heavy atom. The van der Waals surface area contributed by atoms with Gasteiger partial charge in [0.15, 0.2) is 5.78 Å². The second-order valence-electron chi connectivity index (χ2n) is 5.13. The summed E-state index contributed by atoms with van der Waals surface area (Å²) in [6, 6.07) is 10.8. The van der Waals surface area contributed by atoms with Crippen LogP contribution in [0.5, 0.6) is 0 Å². The lowest BCUT2D eigenvalue weighted by Gasteiger charge is -2.12. The minimum absolute atomic E-state index is 0.0968. The van der Waals surface area contributed by atoms with E-state index < -0.39 is 5.97 Å². The summed E-state index contributed by atoms with van der Waals surface area (Å²) < 4.78 is 0. The molecule has 0 saturated heterocycles. The molecule has 0 radical (unpaired) electrons. The SMILES string of the molecule is CCc1ccc(C(=O)c2c(C)ccc(C)c2C(=O)O)cc1. The molecule has 108 valence electrons. The largest absolute Gasteiger partial charge is 0.478 e. The van der Waals surface area contributed by atoms with E-state index in [4.69, 9.17) is 0 Å². The van der Waals surface area contributed by atoms with Gasteiger partial charge in [-0.3, -0.25) is 4.79 Å². The van der Waals surface area contributed by atoms with Gasteiger partial charge in [-0.25, -0.2) is 4.79 Å². The van der Waals surface area contributed by atoms with Crippen molar-refractivity contribution in [1.82, 2.24) is 0 Å². The maximum atomic E-state index is 12.7. The van der Waals surface area contributed by atoms with E-state index in [0.29, 0.717) is 16.7 Å². The lowest BCUT2D eigenvalue weighted by molar-refractivity contribution is 0.0692. The Hall–Kier alpha value is -2.42. The molecule has 0 spiro atoms. The molecule has 0 atom stereocenters. The first-order valence-corrected chi connectivity index (χ1v) is 6.92. The molecule has 0 aliphatic heterocycles. The molecule has 21 heavy (non-hydrogen) atoms. The van der Waals surface area contributed by atoms with E-state index in [9.17, 15) is 14.7 Å². The topological polar surface area (TPSA) is 54.4 Å². The minimum Gasteiger partial charge on any atom is -0.478 e. The fraction of sp³-hybridized carbons (Fsp3) is 0.222. The Morgan fingerprint density at radius 3 is 1.90 bits per heavy atom. The van der Waals surface area contributed by atoms with Gasteiger partial charge in [0.2, 0.25) is 0 Å². The Labute approximate surface area is 124 Å². The normalized spacial score (nSPS) is 10.4. The average Bonchev–Trinajstić information content (AvgIpc) is 2.48. The highest BCUT2D eigenvalue weighted by molar-refractivity contribution is 6.15. The summed E-state index contributed by atoms with van der Waals surface area (Å²) in [5.74, 6) is -1.30. The highest BCUT2D eigenvalue weighted by atomic mass is 16.4. The van der Waals surface area contributed by atoms with Gasteiger partial charge in [0, 0.05) is 11.1 Å². The van der Waals surface area contributed by atoms with Crippen molar-refractivity contribution >= 4 is 11.8 Å². The molecule has 0 heterocycles.